The third kappa shape index (κ3) is 2.44. The topological polar surface area (TPSA) is 70.6 Å². The maximum absolute atomic E-state index is 8.90. The van der Waals surface area contributed by atoms with Crippen LogP contribution in [0.25, 0.3) is 0 Å². The molecule has 2 aliphatic rings. The first-order chi connectivity index (χ1) is 10.8. The number of fused-ring (bicyclic) bond motifs is 1. The van der Waals surface area contributed by atoms with E-state index in [4.69, 9.17) is 5.26 Å². The van der Waals surface area contributed by atoms with E-state index in [0.29, 0.717) is 11.6 Å². The Balaban J connectivity index is 1.52. The first-order valence-corrected chi connectivity index (χ1v) is 8.61. The molecule has 0 aromatic carbocycles. The van der Waals surface area contributed by atoms with Gasteiger partial charge in [0.2, 0.25) is 0 Å². The summed E-state index contributed by atoms with van der Waals surface area (Å²) in [6, 6.07) is 4.62. The highest BCUT2D eigenvalue weighted by atomic mass is 32.2. The monoisotopic (exact) mass is 312 g/mol. The molecule has 6 nitrogen and oxygen atoms in total. The van der Waals surface area contributed by atoms with Gasteiger partial charge in [0.05, 0.1) is 23.5 Å². The van der Waals surface area contributed by atoms with Crippen molar-refractivity contribution in [2.24, 2.45) is 0 Å². The molecule has 0 aliphatic carbocycles. The Labute approximate surface area is 133 Å². The van der Waals surface area contributed by atoms with Crippen molar-refractivity contribution in [2.75, 3.05) is 23.7 Å². The molecule has 7 heteroatoms. The van der Waals surface area contributed by atoms with Gasteiger partial charge < -0.3 is 4.90 Å². The second-order valence-electron chi connectivity index (χ2n) is 5.69. The lowest BCUT2D eigenvalue weighted by Crippen LogP contribution is -2.23. The zero-order valence-corrected chi connectivity index (χ0v) is 13.0. The molecule has 4 heterocycles. The van der Waals surface area contributed by atoms with Crippen LogP contribution >= 0.6 is 11.8 Å². The van der Waals surface area contributed by atoms with E-state index in [9.17, 15) is 0 Å². The summed E-state index contributed by atoms with van der Waals surface area (Å²) in [7, 11) is 0. The average molecular weight is 312 g/mol. The number of thioether (sulfide) groups is 1. The van der Waals surface area contributed by atoms with E-state index in [1.807, 2.05) is 22.6 Å². The zero-order valence-electron chi connectivity index (χ0n) is 12.1. The standard InChI is InChI=1S/C15H16N6S/c16-6-11-7-17-21(8-11)13-1-3-20(9-13)15-5-12-10-22-4-2-14(12)18-19-15/h5,7-8,13H,1-4,9-10H2. The van der Waals surface area contributed by atoms with E-state index in [-0.39, 0.29) is 0 Å². The fourth-order valence-electron chi connectivity index (χ4n) is 3.05. The number of hydrogen-bond acceptors (Lipinski definition) is 6. The normalized spacial score (nSPS) is 20.7. The van der Waals surface area contributed by atoms with Crippen molar-refractivity contribution in [2.45, 2.75) is 24.6 Å². The summed E-state index contributed by atoms with van der Waals surface area (Å²) in [5.41, 5.74) is 3.10. The second kappa shape index (κ2) is 5.61. The van der Waals surface area contributed by atoms with Crippen molar-refractivity contribution in [1.82, 2.24) is 20.0 Å². The largest absolute Gasteiger partial charge is 0.353 e. The minimum Gasteiger partial charge on any atom is -0.353 e. The smallest absolute Gasteiger partial charge is 0.151 e. The Hall–Kier alpha value is -2.07. The fraction of sp³-hybridized carbons (Fsp3) is 0.467. The Morgan fingerprint density at radius 3 is 3.18 bits per heavy atom. The molecule has 0 amide bonds. The number of hydrogen-bond donors (Lipinski definition) is 0. The molecule has 0 saturated carbocycles. The molecule has 0 N–H and O–H groups in total. The van der Waals surface area contributed by atoms with Gasteiger partial charge in [-0.1, -0.05) is 0 Å². The van der Waals surface area contributed by atoms with E-state index in [2.05, 4.69) is 32.3 Å². The summed E-state index contributed by atoms with van der Waals surface area (Å²) < 4.78 is 1.90. The Kier molecular flexibility index (Phi) is 3.47. The minimum atomic E-state index is 0.300. The summed E-state index contributed by atoms with van der Waals surface area (Å²) in [4.78, 5) is 2.27. The molecule has 22 heavy (non-hydrogen) atoms. The number of nitriles is 1. The maximum Gasteiger partial charge on any atom is 0.151 e. The number of aromatic nitrogens is 4. The van der Waals surface area contributed by atoms with Gasteiger partial charge in [0.1, 0.15) is 6.07 Å². The first-order valence-electron chi connectivity index (χ1n) is 7.46. The molecule has 112 valence electrons. The molecule has 1 atom stereocenters. The van der Waals surface area contributed by atoms with Crippen LogP contribution in [0, 0.1) is 11.3 Å². The van der Waals surface area contributed by atoms with Crippen molar-refractivity contribution >= 4 is 17.6 Å². The summed E-state index contributed by atoms with van der Waals surface area (Å²) in [6.07, 6.45) is 5.49. The predicted octanol–water partition coefficient (Wildman–Crippen LogP) is 1.79. The average Bonchev–Trinajstić information content (AvgIpc) is 3.23. The highest BCUT2D eigenvalue weighted by Gasteiger charge is 2.26. The molecular formula is C15H16N6S. The summed E-state index contributed by atoms with van der Waals surface area (Å²) in [5.74, 6) is 3.16. The maximum atomic E-state index is 8.90. The lowest BCUT2D eigenvalue weighted by molar-refractivity contribution is 0.494. The van der Waals surface area contributed by atoms with E-state index < -0.39 is 0 Å². The number of rotatable bonds is 2. The van der Waals surface area contributed by atoms with Gasteiger partial charge in [0.15, 0.2) is 5.82 Å². The number of anilines is 1. The van der Waals surface area contributed by atoms with Crippen LogP contribution in [0.1, 0.15) is 29.3 Å². The quantitative estimate of drug-likeness (QED) is 0.842. The molecule has 0 spiro atoms. The molecule has 1 saturated heterocycles. The highest BCUT2D eigenvalue weighted by Crippen LogP contribution is 2.29. The second-order valence-corrected chi connectivity index (χ2v) is 6.79. The van der Waals surface area contributed by atoms with Crippen LogP contribution in [0.15, 0.2) is 18.5 Å². The Bertz CT molecular complexity index is 734. The van der Waals surface area contributed by atoms with Crippen LogP contribution in [0.3, 0.4) is 0 Å². The van der Waals surface area contributed by atoms with Gasteiger partial charge in [-0.25, -0.2) is 0 Å². The molecule has 2 aromatic heterocycles. The van der Waals surface area contributed by atoms with Crippen LogP contribution < -0.4 is 4.90 Å². The van der Waals surface area contributed by atoms with Crippen molar-refractivity contribution in [3.63, 3.8) is 0 Å². The van der Waals surface area contributed by atoms with E-state index >= 15 is 0 Å². The van der Waals surface area contributed by atoms with Crippen LogP contribution in [0.5, 0.6) is 0 Å². The third-order valence-corrected chi connectivity index (χ3v) is 5.29. The SMILES string of the molecule is N#Cc1cnn(C2CCN(c3cc4c(nn3)CCSC4)C2)c1. The van der Waals surface area contributed by atoms with Gasteiger partial charge in [-0.15, -0.1) is 5.10 Å². The fourth-order valence-corrected chi connectivity index (χ4v) is 4.00. The van der Waals surface area contributed by atoms with Crippen LogP contribution in [0.2, 0.25) is 0 Å². The van der Waals surface area contributed by atoms with Gasteiger partial charge in [-0.2, -0.15) is 27.2 Å². The highest BCUT2D eigenvalue weighted by molar-refractivity contribution is 7.98. The summed E-state index contributed by atoms with van der Waals surface area (Å²) in [5, 5.41) is 22.0. The van der Waals surface area contributed by atoms with Crippen LogP contribution in [0.4, 0.5) is 5.82 Å². The first kappa shape index (κ1) is 13.6. The van der Waals surface area contributed by atoms with Gasteiger partial charge >= 0.3 is 0 Å². The van der Waals surface area contributed by atoms with Gasteiger partial charge in [0, 0.05) is 31.5 Å². The van der Waals surface area contributed by atoms with Gasteiger partial charge in [-0.05, 0) is 23.8 Å². The lowest BCUT2D eigenvalue weighted by atomic mass is 10.2. The Morgan fingerprint density at radius 2 is 2.32 bits per heavy atom. The van der Waals surface area contributed by atoms with Crippen molar-refractivity contribution in [3.05, 3.63) is 35.3 Å². The number of aryl methyl sites for hydroxylation is 1. The van der Waals surface area contributed by atoms with E-state index in [0.717, 1.165) is 48.9 Å². The van der Waals surface area contributed by atoms with Crippen LogP contribution in [-0.4, -0.2) is 38.8 Å². The minimum absolute atomic E-state index is 0.300. The van der Waals surface area contributed by atoms with Gasteiger partial charge in [-0.3, -0.25) is 4.68 Å². The summed E-state index contributed by atoms with van der Waals surface area (Å²) in [6.45, 7) is 1.82. The van der Waals surface area contributed by atoms with E-state index in [1.54, 1.807) is 6.20 Å². The Morgan fingerprint density at radius 1 is 1.36 bits per heavy atom. The van der Waals surface area contributed by atoms with Crippen molar-refractivity contribution in [3.8, 4) is 6.07 Å². The third-order valence-electron chi connectivity index (χ3n) is 4.28. The molecule has 0 bridgehead atoms. The van der Waals surface area contributed by atoms with Gasteiger partial charge in [0.25, 0.3) is 0 Å². The summed E-state index contributed by atoms with van der Waals surface area (Å²) >= 11 is 1.96. The number of nitrogens with zero attached hydrogens (tertiary/aromatic N) is 6. The van der Waals surface area contributed by atoms with Crippen LogP contribution in [-0.2, 0) is 12.2 Å². The van der Waals surface area contributed by atoms with E-state index in [1.165, 1.54) is 5.56 Å². The van der Waals surface area contributed by atoms with Crippen molar-refractivity contribution in [1.29, 1.82) is 5.26 Å². The van der Waals surface area contributed by atoms with Crippen molar-refractivity contribution < 1.29 is 0 Å². The molecule has 2 aliphatic heterocycles. The molecule has 1 unspecified atom stereocenters. The molecule has 4 rings (SSSR count). The zero-order chi connectivity index (χ0) is 14.9. The predicted molar refractivity (Wildman–Crippen MR) is 84.7 cm³/mol. The lowest BCUT2D eigenvalue weighted by Gasteiger charge is -2.20. The molecule has 1 fully saturated rings. The molecule has 2 aromatic rings. The molecular weight excluding hydrogens is 296 g/mol. The molecule has 0 radical (unpaired) electrons.